The lowest BCUT2D eigenvalue weighted by Gasteiger charge is -2.22. The average molecular weight is 287 g/mol. The predicted octanol–water partition coefficient (Wildman–Crippen LogP) is 3.30. The Hall–Kier alpha value is -1.81. The zero-order valence-corrected chi connectivity index (χ0v) is 13.2. The van der Waals surface area contributed by atoms with E-state index in [-0.39, 0.29) is 6.61 Å². The van der Waals surface area contributed by atoms with E-state index in [9.17, 15) is 5.11 Å². The molecule has 0 saturated heterocycles. The molecule has 0 aliphatic carbocycles. The van der Waals surface area contributed by atoms with Crippen LogP contribution in [0.3, 0.4) is 0 Å². The summed E-state index contributed by atoms with van der Waals surface area (Å²) < 4.78 is 1.94. The molecule has 1 N–H and O–H groups in total. The molecular weight excluding hydrogens is 262 g/mol. The fraction of sp³-hybridized carbons (Fsp3) is 0.471. The van der Waals surface area contributed by atoms with Crippen LogP contribution in [0.4, 0.5) is 5.82 Å². The number of nitrogens with zero attached hydrogens (tertiary/aromatic N) is 3. The summed E-state index contributed by atoms with van der Waals surface area (Å²) in [5.41, 5.74) is 2.83. The van der Waals surface area contributed by atoms with Gasteiger partial charge in [0.25, 0.3) is 0 Å². The molecule has 1 aromatic carbocycles. The van der Waals surface area contributed by atoms with Crippen LogP contribution >= 0.6 is 0 Å². The number of aliphatic hydroxyl groups is 1. The maximum atomic E-state index is 9.70. The highest BCUT2D eigenvalue weighted by Crippen LogP contribution is 2.26. The molecule has 1 heterocycles. The van der Waals surface area contributed by atoms with Crippen molar-refractivity contribution in [3.8, 4) is 5.69 Å². The summed E-state index contributed by atoms with van der Waals surface area (Å²) in [6.45, 7) is 5.15. The van der Waals surface area contributed by atoms with Crippen LogP contribution in [-0.2, 0) is 6.61 Å². The van der Waals surface area contributed by atoms with E-state index in [4.69, 9.17) is 0 Å². The van der Waals surface area contributed by atoms with E-state index in [0.29, 0.717) is 0 Å². The Morgan fingerprint density at radius 3 is 2.52 bits per heavy atom. The lowest BCUT2D eigenvalue weighted by Crippen LogP contribution is -2.23. The van der Waals surface area contributed by atoms with Crippen LogP contribution in [0.25, 0.3) is 5.69 Å². The molecule has 0 radical (unpaired) electrons. The van der Waals surface area contributed by atoms with Crippen molar-refractivity contribution in [1.29, 1.82) is 0 Å². The first-order valence-electron chi connectivity index (χ1n) is 7.65. The third-order valence-corrected chi connectivity index (χ3v) is 3.77. The van der Waals surface area contributed by atoms with Gasteiger partial charge in [-0.1, -0.05) is 38.0 Å². The molecule has 2 aromatic rings. The van der Waals surface area contributed by atoms with Crippen molar-refractivity contribution in [2.24, 2.45) is 0 Å². The summed E-state index contributed by atoms with van der Waals surface area (Å²) in [5, 5.41) is 14.3. The number of unbranched alkanes of at least 4 members (excludes halogenated alkanes) is 2. The number of para-hydroxylation sites is 1. The molecule has 1 aromatic heterocycles. The van der Waals surface area contributed by atoms with Gasteiger partial charge in [-0.2, -0.15) is 5.10 Å². The Kier molecular flexibility index (Phi) is 5.39. The molecule has 0 amide bonds. The van der Waals surface area contributed by atoms with Gasteiger partial charge in [-0.25, -0.2) is 4.68 Å². The number of rotatable bonds is 7. The van der Waals surface area contributed by atoms with E-state index in [1.807, 2.05) is 41.9 Å². The van der Waals surface area contributed by atoms with E-state index in [0.717, 1.165) is 35.7 Å². The molecule has 0 aliphatic heterocycles. The minimum absolute atomic E-state index is 0.0200. The highest BCUT2D eigenvalue weighted by molar-refractivity contribution is 5.54. The molecule has 0 atom stereocenters. The van der Waals surface area contributed by atoms with E-state index in [1.165, 1.54) is 12.8 Å². The molecule has 2 rings (SSSR count). The number of aryl methyl sites for hydroxylation is 1. The average Bonchev–Trinajstić information content (AvgIpc) is 2.85. The maximum Gasteiger partial charge on any atom is 0.137 e. The highest BCUT2D eigenvalue weighted by atomic mass is 16.3. The SMILES string of the molecule is CCCCCN(C)c1c(CO)c(C)nn1-c1ccccc1. The highest BCUT2D eigenvalue weighted by Gasteiger charge is 2.18. The molecule has 0 saturated carbocycles. The van der Waals surface area contributed by atoms with E-state index in [1.54, 1.807) is 0 Å². The lowest BCUT2D eigenvalue weighted by atomic mass is 10.2. The number of aliphatic hydroxyl groups excluding tert-OH is 1. The minimum Gasteiger partial charge on any atom is -0.391 e. The van der Waals surface area contributed by atoms with Gasteiger partial charge < -0.3 is 10.0 Å². The second-order valence-corrected chi connectivity index (χ2v) is 5.42. The van der Waals surface area contributed by atoms with Crippen molar-refractivity contribution in [1.82, 2.24) is 9.78 Å². The number of anilines is 1. The molecule has 0 spiro atoms. The summed E-state index contributed by atoms with van der Waals surface area (Å²) in [6.07, 6.45) is 3.58. The van der Waals surface area contributed by atoms with E-state index >= 15 is 0 Å². The first kappa shape index (κ1) is 15.6. The van der Waals surface area contributed by atoms with Crippen molar-refractivity contribution in [3.05, 3.63) is 41.6 Å². The molecule has 21 heavy (non-hydrogen) atoms. The fourth-order valence-corrected chi connectivity index (χ4v) is 2.58. The van der Waals surface area contributed by atoms with Gasteiger partial charge >= 0.3 is 0 Å². The molecule has 0 unspecified atom stereocenters. The van der Waals surface area contributed by atoms with Gasteiger partial charge in [-0.15, -0.1) is 0 Å². The lowest BCUT2D eigenvalue weighted by molar-refractivity contribution is 0.281. The molecule has 114 valence electrons. The van der Waals surface area contributed by atoms with Crippen molar-refractivity contribution in [3.63, 3.8) is 0 Å². The van der Waals surface area contributed by atoms with E-state index in [2.05, 4.69) is 24.0 Å². The molecule has 4 heteroatoms. The summed E-state index contributed by atoms with van der Waals surface area (Å²) in [4.78, 5) is 2.20. The monoisotopic (exact) mass is 287 g/mol. The standard InChI is InChI=1S/C17H25N3O/c1-4-5-9-12-19(3)17-16(13-21)14(2)18-20(17)15-10-7-6-8-11-15/h6-8,10-11,21H,4-5,9,12-13H2,1-3H3. The van der Waals surface area contributed by atoms with Crippen molar-refractivity contribution >= 4 is 5.82 Å². The second kappa shape index (κ2) is 7.27. The van der Waals surface area contributed by atoms with Crippen LogP contribution < -0.4 is 4.90 Å². The number of aromatic nitrogens is 2. The summed E-state index contributed by atoms with van der Waals surface area (Å²) in [5.74, 6) is 0.998. The Labute approximate surface area is 127 Å². The van der Waals surface area contributed by atoms with Crippen molar-refractivity contribution in [2.75, 3.05) is 18.5 Å². The van der Waals surface area contributed by atoms with Crippen LogP contribution in [0.15, 0.2) is 30.3 Å². The number of hydrogen-bond acceptors (Lipinski definition) is 3. The molecule has 0 fully saturated rings. The van der Waals surface area contributed by atoms with Gasteiger partial charge in [-0.05, 0) is 25.5 Å². The molecule has 4 nitrogen and oxygen atoms in total. The van der Waals surface area contributed by atoms with Gasteiger partial charge in [-0.3, -0.25) is 0 Å². The first-order chi connectivity index (χ1) is 10.2. The van der Waals surface area contributed by atoms with Crippen molar-refractivity contribution < 1.29 is 5.11 Å². The second-order valence-electron chi connectivity index (χ2n) is 5.42. The third kappa shape index (κ3) is 3.45. The summed E-state index contributed by atoms with van der Waals surface area (Å²) in [6, 6.07) is 10.1. The Morgan fingerprint density at radius 2 is 1.90 bits per heavy atom. The zero-order chi connectivity index (χ0) is 15.2. The number of benzene rings is 1. The van der Waals surface area contributed by atoms with Gasteiger partial charge in [0.05, 0.1) is 18.0 Å². The fourth-order valence-electron chi connectivity index (χ4n) is 2.58. The maximum absolute atomic E-state index is 9.70. The minimum atomic E-state index is 0.0200. The molecular formula is C17H25N3O. The molecule has 0 bridgehead atoms. The van der Waals surface area contributed by atoms with Crippen LogP contribution in [0.2, 0.25) is 0 Å². The molecule has 0 aliphatic rings. The van der Waals surface area contributed by atoms with Crippen LogP contribution in [0, 0.1) is 6.92 Å². The summed E-state index contributed by atoms with van der Waals surface area (Å²) >= 11 is 0. The third-order valence-electron chi connectivity index (χ3n) is 3.77. The van der Waals surface area contributed by atoms with Crippen LogP contribution in [-0.4, -0.2) is 28.5 Å². The Morgan fingerprint density at radius 1 is 1.19 bits per heavy atom. The quantitative estimate of drug-likeness (QED) is 0.794. The number of hydrogen-bond donors (Lipinski definition) is 1. The van der Waals surface area contributed by atoms with Crippen LogP contribution in [0.5, 0.6) is 0 Å². The predicted molar refractivity (Wildman–Crippen MR) is 87.0 cm³/mol. The Balaban J connectivity index is 2.37. The normalized spacial score (nSPS) is 10.9. The van der Waals surface area contributed by atoms with Gasteiger partial charge in [0.1, 0.15) is 5.82 Å². The van der Waals surface area contributed by atoms with Gasteiger partial charge in [0, 0.05) is 19.2 Å². The first-order valence-corrected chi connectivity index (χ1v) is 7.65. The van der Waals surface area contributed by atoms with Crippen molar-refractivity contribution in [2.45, 2.75) is 39.7 Å². The smallest absolute Gasteiger partial charge is 0.137 e. The van der Waals surface area contributed by atoms with Crippen LogP contribution in [0.1, 0.15) is 37.4 Å². The largest absolute Gasteiger partial charge is 0.391 e. The topological polar surface area (TPSA) is 41.3 Å². The Bertz CT molecular complexity index is 563. The van der Waals surface area contributed by atoms with Gasteiger partial charge in [0.2, 0.25) is 0 Å². The zero-order valence-electron chi connectivity index (χ0n) is 13.2. The van der Waals surface area contributed by atoms with Gasteiger partial charge in [0.15, 0.2) is 0 Å². The summed E-state index contributed by atoms with van der Waals surface area (Å²) in [7, 11) is 2.07. The van der Waals surface area contributed by atoms with E-state index < -0.39 is 0 Å².